The van der Waals surface area contributed by atoms with Gasteiger partial charge in [-0.15, -0.1) is 0 Å². The topological polar surface area (TPSA) is 35.1 Å². The standard InChI is InChI=1S/C36H22N4/c1-2-11-23(12-3-1)29-17-10-20-33(37-29)39-31-18-8-6-14-25(31)27-22-21-26-24-13-4-5-15-28(24)36-38-30-16-7-9-19-32(30)40(36)35(26)34(27)39/h1-22H. The molecule has 0 atom stereocenters. The lowest BCUT2D eigenvalue weighted by molar-refractivity contribution is 1.08. The first-order chi connectivity index (χ1) is 19.9. The van der Waals surface area contributed by atoms with Gasteiger partial charge in [0.2, 0.25) is 0 Å². The Morgan fingerprint density at radius 1 is 0.425 bits per heavy atom. The van der Waals surface area contributed by atoms with Crippen LogP contribution in [0.15, 0.2) is 133 Å². The number of nitrogens with zero attached hydrogens (tertiary/aromatic N) is 4. The van der Waals surface area contributed by atoms with Gasteiger partial charge in [-0.25, -0.2) is 9.97 Å². The van der Waals surface area contributed by atoms with Crippen LogP contribution in [-0.4, -0.2) is 18.9 Å². The van der Waals surface area contributed by atoms with Crippen molar-refractivity contribution in [1.82, 2.24) is 18.9 Å². The quantitative estimate of drug-likeness (QED) is 0.218. The van der Waals surface area contributed by atoms with Crippen molar-refractivity contribution in [2.24, 2.45) is 0 Å². The molecule has 0 aliphatic rings. The smallest absolute Gasteiger partial charge is 0.146 e. The third-order valence-electron chi connectivity index (χ3n) is 8.09. The van der Waals surface area contributed by atoms with Crippen molar-refractivity contribution in [1.29, 1.82) is 0 Å². The maximum Gasteiger partial charge on any atom is 0.146 e. The molecule has 0 N–H and O–H groups in total. The maximum absolute atomic E-state index is 5.22. The van der Waals surface area contributed by atoms with Gasteiger partial charge >= 0.3 is 0 Å². The monoisotopic (exact) mass is 510 g/mol. The summed E-state index contributed by atoms with van der Waals surface area (Å²) in [5.74, 6) is 0.894. The van der Waals surface area contributed by atoms with Crippen LogP contribution in [0.3, 0.4) is 0 Å². The van der Waals surface area contributed by atoms with Crippen LogP contribution in [0.25, 0.3) is 77.2 Å². The van der Waals surface area contributed by atoms with Crippen molar-refractivity contribution < 1.29 is 0 Å². The third-order valence-corrected chi connectivity index (χ3v) is 8.09. The second kappa shape index (κ2) is 8.01. The molecule has 0 unspecified atom stereocenters. The van der Waals surface area contributed by atoms with E-state index in [2.05, 4.69) is 136 Å². The number of hydrogen-bond acceptors (Lipinski definition) is 2. The van der Waals surface area contributed by atoms with Crippen molar-refractivity contribution in [3.05, 3.63) is 133 Å². The summed E-state index contributed by atoms with van der Waals surface area (Å²) in [6.45, 7) is 0. The van der Waals surface area contributed by atoms with E-state index in [0.29, 0.717) is 0 Å². The molecule has 40 heavy (non-hydrogen) atoms. The first-order valence-electron chi connectivity index (χ1n) is 13.5. The molecule has 4 heterocycles. The van der Waals surface area contributed by atoms with Gasteiger partial charge in [-0.2, -0.15) is 0 Å². The highest BCUT2D eigenvalue weighted by Crippen LogP contribution is 2.40. The van der Waals surface area contributed by atoms with Gasteiger partial charge in [-0.3, -0.25) is 8.97 Å². The molecule has 9 aromatic rings. The number of rotatable bonds is 2. The highest BCUT2D eigenvalue weighted by molar-refractivity contribution is 6.24. The molecule has 0 bridgehead atoms. The van der Waals surface area contributed by atoms with E-state index in [1.54, 1.807) is 0 Å². The van der Waals surface area contributed by atoms with E-state index in [1.807, 2.05) is 6.07 Å². The maximum atomic E-state index is 5.22. The number of imidazole rings is 1. The normalized spacial score (nSPS) is 12.0. The zero-order chi connectivity index (χ0) is 26.2. The predicted molar refractivity (Wildman–Crippen MR) is 165 cm³/mol. The fraction of sp³-hybridized carbons (Fsp3) is 0. The van der Waals surface area contributed by atoms with Crippen LogP contribution in [0.4, 0.5) is 0 Å². The molecule has 0 spiro atoms. The zero-order valence-corrected chi connectivity index (χ0v) is 21.5. The minimum absolute atomic E-state index is 0.894. The molecule has 0 saturated heterocycles. The Morgan fingerprint density at radius 3 is 1.95 bits per heavy atom. The molecular weight excluding hydrogens is 488 g/mol. The molecule has 0 amide bonds. The molecular formula is C36H22N4. The van der Waals surface area contributed by atoms with Gasteiger partial charge in [0.05, 0.1) is 33.3 Å². The molecule has 0 radical (unpaired) electrons. The Hall–Kier alpha value is -5.48. The number of hydrogen-bond donors (Lipinski definition) is 0. The minimum atomic E-state index is 0.894. The van der Waals surface area contributed by atoms with Crippen LogP contribution in [0.5, 0.6) is 0 Å². The van der Waals surface area contributed by atoms with Crippen molar-refractivity contribution >= 4 is 60.2 Å². The Kier molecular flexibility index (Phi) is 4.30. The summed E-state index contributed by atoms with van der Waals surface area (Å²) in [4.78, 5) is 10.4. The average Bonchev–Trinajstić information content (AvgIpc) is 3.58. The van der Waals surface area contributed by atoms with E-state index in [4.69, 9.17) is 9.97 Å². The highest BCUT2D eigenvalue weighted by Gasteiger charge is 2.21. The lowest BCUT2D eigenvalue weighted by Gasteiger charge is -2.14. The second-order valence-electron chi connectivity index (χ2n) is 10.3. The molecule has 9 rings (SSSR count). The van der Waals surface area contributed by atoms with Crippen LogP contribution in [0.2, 0.25) is 0 Å². The van der Waals surface area contributed by atoms with Crippen LogP contribution in [-0.2, 0) is 0 Å². The molecule has 0 aliphatic heterocycles. The largest absolute Gasteiger partial charge is 0.292 e. The Balaban J connectivity index is 1.54. The Labute approximate surface area is 229 Å². The van der Waals surface area contributed by atoms with E-state index < -0.39 is 0 Å². The summed E-state index contributed by atoms with van der Waals surface area (Å²) in [7, 11) is 0. The fourth-order valence-corrected chi connectivity index (χ4v) is 6.39. The molecule has 0 saturated carbocycles. The molecule has 4 heteroatoms. The van der Waals surface area contributed by atoms with Crippen LogP contribution < -0.4 is 0 Å². The van der Waals surface area contributed by atoms with Gasteiger partial charge in [0, 0.05) is 27.1 Å². The van der Waals surface area contributed by atoms with Gasteiger partial charge in [-0.05, 0) is 35.7 Å². The van der Waals surface area contributed by atoms with Gasteiger partial charge < -0.3 is 0 Å². The van der Waals surface area contributed by atoms with Gasteiger partial charge in [-0.1, -0.05) is 103 Å². The predicted octanol–water partition coefficient (Wildman–Crippen LogP) is 8.95. The van der Waals surface area contributed by atoms with Crippen LogP contribution in [0, 0.1) is 0 Å². The summed E-state index contributed by atoms with van der Waals surface area (Å²) in [5.41, 5.74) is 8.52. The van der Waals surface area contributed by atoms with Crippen molar-refractivity contribution in [3.8, 4) is 17.1 Å². The molecule has 186 valence electrons. The summed E-state index contributed by atoms with van der Waals surface area (Å²) in [5, 5.41) is 5.95. The number of pyridine rings is 2. The van der Waals surface area contributed by atoms with E-state index in [1.165, 1.54) is 21.5 Å². The second-order valence-corrected chi connectivity index (χ2v) is 10.3. The average molecular weight is 511 g/mol. The van der Waals surface area contributed by atoms with E-state index in [0.717, 1.165) is 55.7 Å². The number of fused-ring (bicyclic) bond motifs is 12. The van der Waals surface area contributed by atoms with Gasteiger partial charge in [0.25, 0.3) is 0 Å². The first kappa shape index (κ1) is 21.5. The lowest BCUT2D eigenvalue weighted by Crippen LogP contribution is -2.01. The van der Waals surface area contributed by atoms with Crippen molar-refractivity contribution in [2.45, 2.75) is 0 Å². The van der Waals surface area contributed by atoms with E-state index >= 15 is 0 Å². The van der Waals surface area contributed by atoms with Crippen LogP contribution in [0.1, 0.15) is 0 Å². The van der Waals surface area contributed by atoms with Crippen molar-refractivity contribution in [3.63, 3.8) is 0 Å². The van der Waals surface area contributed by atoms with Gasteiger partial charge in [0.1, 0.15) is 11.5 Å². The zero-order valence-electron chi connectivity index (χ0n) is 21.5. The number of aromatic nitrogens is 4. The van der Waals surface area contributed by atoms with Crippen LogP contribution >= 0.6 is 0 Å². The van der Waals surface area contributed by atoms with Crippen molar-refractivity contribution in [2.75, 3.05) is 0 Å². The Morgan fingerprint density at radius 2 is 1.10 bits per heavy atom. The highest BCUT2D eigenvalue weighted by atomic mass is 15.1. The van der Waals surface area contributed by atoms with Gasteiger partial charge in [0.15, 0.2) is 0 Å². The van der Waals surface area contributed by atoms with E-state index in [9.17, 15) is 0 Å². The fourth-order valence-electron chi connectivity index (χ4n) is 6.39. The lowest BCUT2D eigenvalue weighted by atomic mass is 10.0. The summed E-state index contributed by atoms with van der Waals surface area (Å²) < 4.78 is 4.69. The minimum Gasteiger partial charge on any atom is -0.292 e. The molecule has 0 aliphatic carbocycles. The summed E-state index contributed by atoms with van der Waals surface area (Å²) in [6.07, 6.45) is 0. The summed E-state index contributed by atoms with van der Waals surface area (Å²) in [6, 6.07) is 46.9. The molecule has 5 aromatic carbocycles. The molecule has 0 fully saturated rings. The SMILES string of the molecule is c1ccc(-c2cccc(-n3c4ccccc4c4ccc5c6ccccc6c6nc7ccccc7n6c5c43)n2)cc1. The Bertz CT molecular complexity index is 2430. The number of para-hydroxylation sites is 3. The third kappa shape index (κ3) is 2.85. The van der Waals surface area contributed by atoms with E-state index in [-0.39, 0.29) is 0 Å². The number of benzene rings is 5. The first-order valence-corrected chi connectivity index (χ1v) is 13.5. The summed E-state index contributed by atoms with van der Waals surface area (Å²) >= 11 is 0. The molecule has 4 aromatic heterocycles. The molecule has 4 nitrogen and oxygen atoms in total.